The molecule has 1 atom stereocenters. The molecule has 0 radical (unpaired) electrons. The number of sulfone groups is 1. The number of hydrogen-bond donors (Lipinski definition) is 1. The quantitative estimate of drug-likeness (QED) is 0.635. The fourth-order valence-electron chi connectivity index (χ4n) is 2.35. The van der Waals surface area contributed by atoms with Crippen LogP contribution in [0.1, 0.15) is 15.7 Å². The molecule has 0 spiro atoms. The van der Waals surface area contributed by atoms with Gasteiger partial charge in [-0.05, 0) is 28.5 Å². The number of alkyl carbamates (subject to hydrolysis) is 1. The summed E-state index contributed by atoms with van der Waals surface area (Å²) in [5.74, 6) is 0. The van der Waals surface area contributed by atoms with Crippen LogP contribution in [0.25, 0.3) is 0 Å². The fraction of sp³-hybridized carbons (Fsp3) is 0.167. The Kier molecular flexibility index (Phi) is 6.08. The first-order chi connectivity index (χ1) is 12.6. The van der Waals surface area contributed by atoms with Gasteiger partial charge in [-0.1, -0.05) is 42.5 Å². The van der Waals surface area contributed by atoms with Gasteiger partial charge in [-0.15, -0.1) is 22.7 Å². The van der Waals surface area contributed by atoms with Crippen LogP contribution >= 0.6 is 22.7 Å². The maximum atomic E-state index is 12.9. The van der Waals surface area contributed by atoms with Crippen LogP contribution in [0.15, 0.2) is 69.6 Å². The summed E-state index contributed by atoms with van der Waals surface area (Å²) in [5.41, 5.74) is 0.865. The predicted octanol–water partition coefficient (Wildman–Crippen LogP) is 4.25. The van der Waals surface area contributed by atoms with E-state index in [-0.39, 0.29) is 17.4 Å². The molecule has 0 saturated carbocycles. The van der Waals surface area contributed by atoms with E-state index in [0.29, 0.717) is 4.88 Å². The Labute approximate surface area is 160 Å². The van der Waals surface area contributed by atoms with Crippen LogP contribution < -0.4 is 5.32 Å². The number of hydrogen-bond acceptors (Lipinski definition) is 6. The summed E-state index contributed by atoms with van der Waals surface area (Å²) in [6.07, 6.45) is -0.642. The second-order valence-electron chi connectivity index (χ2n) is 5.42. The molecule has 0 saturated heterocycles. The van der Waals surface area contributed by atoms with Crippen molar-refractivity contribution in [1.82, 2.24) is 5.32 Å². The largest absolute Gasteiger partial charge is 0.445 e. The van der Waals surface area contributed by atoms with E-state index in [9.17, 15) is 13.2 Å². The van der Waals surface area contributed by atoms with Crippen LogP contribution in [0.5, 0.6) is 0 Å². The Balaban J connectivity index is 1.66. The smallest absolute Gasteiger partial charge is 0.407 e. The molecule has 1 N–H and O–H groups in total. The van der Waals surface area contributed by atoms with Crippen LogP contribution in [0.2, 0.25) is 0 Å². The molecule has 136 valence electrons. The molecule has 3 rings (SSSR count). The number of carbonyl (C=O) groups excluding carboxylic acids is 1. The molecule has 0 fully saturated rings. The van der Waals surface area contributed by atoms with Gasteiger partial charge in [0.25, 0.3) is 0 Å². The molecule has 5 nitrogen and oxygen atoms in total. The molecule has 0 aliphatic heterocycles. The van der Waals surface area contributed by atoms with E-state index in [1.54, 1.807) is 29.6 Å². The van der Waals surface area contributed by atoms with Gasteiger partial charge in [-0.2, -0.15) is 0 Å². The monoisotopic (exact) mass is 407 g/mol. The molecule has 8 heteroatoms. The van der Waals surface area contributed by atoms with Crippen LogP contribution in [-0.2, 0) is 21.2 Å². The highest BCUT2D eigenvalue weighted by Crippen LogP contribution is 2.33. The van der Waals surface area contributed by atoms with Crippen LogP contribution in [0.4, 0.5) is 4.79 Å². The minimum atomic E-state index is -3.58. The van der Waals surface area contributed by atoms with Crippen molar-refractivity contribution in [2.75, 3.05) is 6.54 Å². The average molecular weight is 408 g/mol. The van der Waals surface area contributed by atoms with Gasteiger partial charge in [0.15, 0.2) is 9.84 Å². The molecule has 0 unspecified atom stereocenters. The molecule has 2 aromatic heterocycles. The summed E-state index contributed by atoms with van der Waals surface area (Å²) < 4.78 is 31.3. The van der Waals surface area contributed by atoms with E-state index in [0.717, 1.165) is 5.56 Å². The zero-order chi connectivity index (χ0) is 18.4. The Morgan fingerprint density at radius 1 is 1.00 bits per heavy atom. The van der Waals surface area contributed by atoms with Crippen molar-refractivity contribution in [3.05, 3.63) is 75.8 Å². The number of thiophene rings is 2. The molecule has 2 heterocycles. The SMILES string of the molecule is O=C(NC[C@@H](c1cccs1)S(=O)(=O)c1cccs1)OCc1ccccc1. The van der Waals surface area contributed by atoms with Crippen molar-refractivity contribution in [1.29, 1.82) is 0 Å². The Morgan fingerprint density at radius 3 is 2.38 bits per heavy atom. The lowest BCUT2D eigenvalue weighted by atomic mass is 10.2. The number of ether oxygens (including phenoxy) is 1. The first-order valence-corrected chi connectivity index (χ1v) is 11.1. The maximum Gasteiger partial charge on any atom is 0.407 e. The van der Waals surface area contributed by atoms with E-state index < -0.39 is 21.2 Å². The first kappa shape index (κ1) is 18.6. The van der Waals surface area contributed by atoms with E-state index in [1.165, 1.54) is 22.7 Å². The van der Waals surface area contributed by atoms with Crippen molar-refractivity contribution < 1.29 is 17.9 Å². The zero-order valence-corrected chi connectivity index (χ0v) is 16.1. The van der Waals surface area contributed by atoms with E-state index >= 15 is 0 Å². The number of benzene rings is 1. The van der Waals surface area contributed by atoms with Gasteiger partial charge in [-0.25, -0.2) is 13.2 Å². The third kappa shape index (κ3) is 4.51. The van der Waals surface area contributed by atoms with Crippen molar-refractivity contribution in [2.45, 2.75) is 16.1 Å². The van der Waals surface area contributed by atoms with E-state index in [2.05, 4.69) is 5.32 Å². The van der Waals surface area contributed by atoms with E-state index in [1.807, 2.05) is 35.7 Å². The second kappa shape index (κ2) is 8.48. The summed E-state index contributed by atoms with van der Waals surface area (Å²) in [4.78, 5) is 12.7. The summed E-state index contributed by atoms with van der Waals surface area (Å²) >= 11 is 2.52. The van der Waals surface area contributed by atoms with Crippen molar-refractivity contribution in [3.63, 3.8) is 0 Å². The number of nitrogens with one attached hydrogen (secondary N) is 1. The summed E-state index contributed by atoms with van der Waals surface area (Å²) in [6.45, 7) is 0.0857. The molecule has 0 bridgehead atoms. The minimum Gasteiger partial charge on any atom is -0.445 e. The van der Waals surface area contributed by atoms with Crippen molar-refractivity contribution >= 4 is 38.6 Å². The normalized spacial score (nSPS) is 12.5. The summed E-state index contributed by atoms with van der Waals surface area (Å²) in [5, 5.41) is 5.28. The molecule has 0 aliphatic carbocycles. The molecule has 3 aromatic rings. The topological polar surface area (TPSA) is 72.5 Å². The second-order valence-corrected chi connectivity index (χ2v) is 9.71. The summed E-state index contributed by atoms with van der Waals surface area (Å²) in [6, 6.07) is 16.1. The van der Waals surface area contributed by atoms with Gasteiger partial charge in [-0.3, -0.25) is 0 Å². The lowest BCUT2D eigenvalue weighted by Gasteiger charge is -2.16. The Morgan fingerprint density at radius 2 is 1.73 bits per heavy atom. The number of amides is 1. The Hall–Kier alpha value is -2.16. The molecular weight excluding hydrogens is 390 g/mol. The molecule has 0 aliphatic rings. The molecule has 1 amide bonds. The Bertz CT molecular complexity index is 920. The summed E-state index contributed by atoms with van der Waals surface area (Å²) in [7, 11) is -3.58. The van der Waals surface area contributed by atoms with Gasteiger partial charge >= 0.3 is 6.09 Å². The van der Waals surface area contributed by atoms with Gasteiger partial charge in [0.2, 0.25) is 0 Å². The van der Waals surface area contributed by atoms with Gasteiger partial charge < -0.3 is 10.1 Å². The minimum absolute atomic E-state index is 0.0473. The average Bonchev–Trinajstić information content (AvgIpc) is 3.35. The number of rotatable bonds is 7. The van der Waals surface area contributed by atoms with Gasteiger partial charge in [0, 0.05) is 11.4 Å². The van der Waals surface area contributed by atoms with Gasteiger partial charge in [0.05, 0.1) is 0 Å². The maximum absolute atomic E-state index is 12.9. The highest BCUT2D eigenvalue weighted by Gasteiger charge is 2.31. The van der Waals surface area contributed by atoms with Crippen LogP contribution in [-0.4, -0.2) is 21.1 Å². The third-order valence-electron chi connectivity index (χ3n) is 3.66. The van der Waals surface area contributed by atoms with Crippen LogP contribution in [0, 0.1) is 0 Å². The molecule has 1 aromatic carbocycles. The van der Waals surface area contributed by atoms with Crippen molar-refractivity contribution in [3.8, 4) is 0 Å². The van der Waals surface area contributed by atoms with Crippen molar-refractivity contribution in [2.24, 2.45) is 0 Å². The van der Waals surface area contributed by atoms with E-state index in [4.69, 9.17) is 4.74 Å². The predicted molar refractivity (Wildman–Crippen MR) is 103 cm³/mol. The lowest BCUT2D eigenvalue weighted by molar-refractivity contribution is 0.139. The number of carbonyl (C=O) groups is 1. The highest BCUT2D eigenvalue weighted by atomic mass is 32.2. The molecule has 26 heavy (non-hydrogen) atoms. The lowest BCUT2D eigenvalue weighted by Crippen LogP contribution is -2.31. The zero-order valence-electron chi connectivity index (χ0n) is 13.7. The highest BCUT2D eigenvalue weighted by molar-refractivity contribution is 7.93. The standard InChI is InChI=1S/C18H17NO4S3/c20-18(23-13-14-6-2-1-3-7-14)19-12-16(15-8-4-10-24-15)26(21,22)17-9-5-11-25-17/h1-11,16H,12-13H2,(H,19,20)/t16-/m0/s1. The first-order valence-electron chi connectivity index (χ1n) is 7.83. The van der Waals surface area contributed by atoms with Crippen LogP contribution in [0.3, 0.4) is 0 Å². The molecular formula is C18H17NO4S3. The fourth-order valence-corrected chi connectivity index (χ4v) is 6.34. The third-order valence-corrected chi connectivity index (χ3v) is 8.30. The van der Waals surface area contributed by atoms with Gasteiger partial charge in [0.1, 0.15) is 16.1 Å².